The second-order valence-electron chi connectivity index (χ2n) is 6.42. The van der Waals surface area contributed by atoms with E-state index in [0.29, 0.717) is 37.9 Å². The Kier molecular flexibility index (Phi) is 5.61. The molecule has 1 aliphatic rings. The van der Waals surface area contributed by atoms with Crippen molar-refractivity contribution in [2.75, 3.05) is 24.6 Å². The van der Waals surface area contributed by atoms with Crippen molar-refractivity contribution in [2.45, 2.75) is 25.2 Å². The van der Waals surface area contributed by atoms with E-state index in [1.807, 2.05) is 4.90 Å². The predicted octanol–water partition coefficient (Wildman–Crippen LogP) is 4.20. The number of rotatable bonds is 4. The fourth-order valence-corrected chi connectivity index (χ4v) is 2.85. The molecule has 0 saturated carbocycles. The summed E-state index contributed by atoms with van der Waals surface area (Å²) >= 11 is 0. The zero-order valence-electron chi connectivity index (χ0n) is 14.5. The van der Waals surface area contributed by atoms with E-state index < -0.39 is 23.5 Å². The van der Waals surface area contributed by atoms with Crippen molar-refractivity contribution < 1.29 is 31.1 Å². The topological polar surface area (TPSA) is 51.1 Å². The molecule has 0 aliphatic carbocycles. The van der Waals surface area contributed by atoms with Gasteiger partial charge in [0.15, 0.2) is 0 Å². The SMILES string of the molecule is FC(F)(F)c1ccc(N2CCC(COc3cc(C(F)(F)F)cnn3)CC2)nc1. The summed E-state index contributed by atoms with van der Waals surface area (Å²) in [6.07, 6.45) is -6.19. The van der Waals surface area contributed by atoms with Gasteiger partial charge in [0.2, 0.25) is 5.88 Å². The van der Waals surface area contributed by atoms with E-state index in [-0.39, 0.29) is 18.4 Å². The Morgan fingerprint density at radius 3 is 2.21 bits per heavy atom. The number of hydrogen-bond acceptors (Lipinski definition) is 5. The highest BCUT2D eigenvalue weighted by Gasteiger charge is 2.32. The van der Waals surface area contributed by atoms with Gasteiger partial charge in [-0.25, -0.2) is 4.98 Å². The minimum absolute atomic E-state index is 0.0852. The molecule has 152 valence electrons. The molecular formula is C17H16F6N4O. The van der Waals surface area contributed by atoms with Crippen molar-refractivity contribution in [1.82, 2.24) is 15.2 Å². The molecule has 0 radical (unpaired) electrons. The molecule has 1 aliphatic heterocycles. The molecule has 0 atom stereocenters. The van der Waals surface area contributed by atoms with E-state index in [0.717, 1.165) is 18.3 Å². The number of aromatic nitrogens is 3. The molecule has 2 aromatic rings. The molecule has 3 rings (SSSR count). The summed E-state index contributed by atoms with van der Waals surface area (Å²) in [5.41, 5.74) is -1.73. The molecule has 1 fully saturated rings. The van der Waals surface area contributed by atoms with E-state index in [1.54, 1.807) is 0 Å². The maximum Gasteiger partial charge on any atom is 0.418 e. The van der Waals surface area contributed by atoms with Crippen molar-refractivity contribution in [3.8, 4) is 5.88 Å². The van der Waals surface area contributed by atoms with Gasteiger partial charge in [0, 0.05) is 25.4 Å². The van der Waals surface area contributed by atoms with Crippen LogP contribution < -0.4 is 9.64 Å². The number of alkyl halides is 6. The number of halogens is 6. The van der Waals surface area contributed by atoms with Gasteiger partial charge in [-0.2, -0.15) is 31.4 Å². The summed E-state index contributed by atoms with van der Waals surface area (Å²) in [5.74, 6) is 0.347. The molecule has 0 unspecified atom stereocenters. The fourth-order valence-electron chi connectivity index (χ4n) is 2.85. The van der Waals surface area contributed by atoms with Crippen LogP contribution in [0.4, 0.5) is 32.2 Å². The van der Waals surface area contributed by atoms with Gasteiger partial charge in [0.25, 0.3) is 0 Å². The molecule has 0 aromatic carbocycles. The molecular weight excluding hydrogens is 390 g/mol. The summed E-state index contributed by atoms with van der Waals surface area (Å²) < 4.78 is 81.1. The molecule has 5 nitrogen and oxygen atoms in total. The first kappa shape index (κ1) is 20.2. The lowest BCUT2D eigenvalue weighted by Crippen LogP contribution is -2.36. The standard InChI is InChI=1S/C17H16F6N4O/c18-16(19,20)12-1-2-14(24-8-12)27-5-3-11(4-6-27)10-28-15-7-13(9-25-26-15)17(21,22)23/h1-2,7-9,11H,3-6,10H2. The summed E-state index contributed by atoms with van der Waals surface area (Å²) in [4.78, 5) is 5.73. The maximum atomic E-state index is 12.7. The number of pyridine rings is 1. The van der Waals surface area contributed by atoms with E-state index in [2.05, 4.69) is 15.2 Å². The molecule has 11 heteroatoms. The third kappa shape index (κ3) is 5.02. The Hall–Kier alpha value is -2.59. The Morgan fingerprint density at radius 2 is 1.64 bits per heavy atom. The van der Waals surface area contributed by atoms with Gasteiger partial charge in [-0.15, -0.1) is 5.10 Å². The average Bonchev–Trinajstić information content (AvgIpc) is 2.66. The highest BCUT2D eigenvalue weighted by molar-refractivity contribution is 5.40. The second kappa shape index (κ2) is 7.80. The van der Waals surface area contributed by atoms with Crippen molar-refractivity contribution in [3.63, 3.8) is 0 Å². The van der Waals surface area contributed by atoms with Crippen molar-refractivity contribution in [1.29, 1.82) is 0 Å². The fraction of sp³-hybridized carbons (Fsp3) is 0.471. The highest BCUT2D eigenvalue weighted by Crippen LogP contribution is 2.31. The summed E-state index contributed by atoms with van der Waals surface area (Å²) in [6.45, 7) is 1.30. The lowest BCUT2D eigenvalue weighted by molar-refractivity contribution is -0.138. The zero-order valence-corrected chi connectivity index (χ0v) is 14.5. The number of ether oxygens (including phenoxy) is 1. The van der Waals surface area contributed by atoms with Crippen molar-refractivity contribution in [3.05, 3.63) is 41.7 Å². The quantitative estimate of drug-likeness (QED) is 0.713. The van der Waals surface area contributed by atoms with Gasteiger partial charge in [0.05, 0.1) is 23.9 Å². The van der Waals surface area contributed by atoms with E-state index in [1.165, 1.54) is 6.07 Å². The molecule has 0 amide bonds. The Labute approximate surface area is 156 Å². The predicted molar refractivity (Wildman–Crippen MR) is 86.7 cm³/mol. The maximum absolute atomic E-state index is 12.7. The van der Waals surface area contributed by atoms with Crippen LogP contribution in [0.2, 0.25) is 0 Å². The van der Waals surface area contributed by atoms with Crippen LogP contribution in [0, 0.1) is 5.92 Å². The Morgan fingerprint density at radius 1 is 0.964 bits per heavy atom. The Balaban J connectivity index is 1.51. The highest BCUT2D eigenvalue weighted by atomic mass is 19.4. The van der Waals surface area contributed by atoms with Gasteiger partial charge in [-0.05, 0) is 30.9 Å². The van der Waals surface area contributed by atoms with Crippen LogP contribution in [0.1, 0.15) is 24.0 Å². The number of anilines is 1. The molecule has 1 saturated heterocycles. The van der Waals surface area contributed by atoms with Crippen molar-refractivity contribution in [2.24, 2.45) is 5.92 Å². The second-order valence-corrected chi connectivity index (χ2v) is 6.42. The Bertz CT molecular complexity index is 785. The van der Waals surface area contributed by atoms with Gasteiger partial charge in [-0.1, -0.05) is 0 Å². The average molecular weight is 406 g/mol. The molecule has 2 aromatic heterocycles. The summed E-state index contributed by atoms with van der Waals surface area (Å²) in [5, 5.41) is 6.84. The molecule has 3 heterocycles. The van der Waals surface area contributed by atoms with Crippen LogP contribution in [0.5, 0.6) is 5.88 Å². The minimum Gasteiger partial charge on any atom is -0.476 e. The molecule has 0 bridgehead atoms. The first-order chi connectivity index (χ1) is 13.1. The van der Waals surface area contributed by atoms with Crippen LogP contribution in [0.3, 0.4) is 0 Å². The normalized spacial score (nSPS) is 16.3. The number of nitrogens with zero attached hydrogens (tertiary/aromatic N) is 4. The first-order valence-corrected chi connectivity index (χ1v) is 8.44. The van der Waals surface area contributed by atoms with Crippen molar-refractivity contribution >= 4 is 5.82 Å². The van der Waals surface area contributed by atoms with Crippen LogP contribution in [-0.2, 0) is 12.4 Å². The lowest BCUT2D eigenvalue weighted by atomic mass is 9.98. The van der Waals surface area contributed by atoms with E-state index >= 15 is 0 Å². The van der Waals surface area contributed by atoms with Gasteiger partial charge in [0.1, 0.15) is 5.82 Å². The smallest absolute Gasteiger partial charge is 0.418 e. The monoisotopic (exact) mass is 406 g/mol. The van der Waals surface area contributed by atoms with Crippen LogP contribution in [0.15, 0.2) is 30.6 Å². The van der Waals surface area contributed by atoms with Crippen LogP contribution in [0.25, 0.3) is 0 Å². The first-order valence-electron chi connectivity index (χ1n) is 8.44. The molecule has 0 spiro atoms. The largest absolute Gasteiger partial charge is 0.476 e. The lowest BCUT2D eigenvalue weighted by Gasteiger charge is -2.32. The third-order valence-corrected chi connectivity index (χ3v) is 4.44. The van der Waals surface area contributed by atoms with Crippen LogP contribution >= 0.6 is 0 Å². The van der Waals surface area contributed by atoms with E-state index in [4.69, 9.17) is 4.74 Å². The summed E-state index contributed by atoms with van der Waals surface area (Å²) in [7, 11) is 0. The zero-order chi connectivity index (χ0) is 20.4. The summed E-state index contributed by atoms with van der Waals surface area (Å²) in [6, 6.07) is 3.12. The molecule has 28 heavy (non-hydrogen) atoms. The number of piperidine rings is 1. The van der Waals surface area contributed by atoms with Gasteiger partial charge >= 0.3 is 12.4 Å². The third-order valence-electron chi connectivity index (χ3n) is 4.44. The van der Waals surface area contributed by atoms with Crippen LogP contribution in [-0.4, -0.2) is 34.9 Å². The molecule has 0 N–H and O–H groups in total. The van der Waals surface area contributed by atoms with Gasteiger partial charge < -0.3 is 9.64 Å². The van der Waals surface area contributed by atoms with E-state index in [9.17, 15) is 26.3 Å². The van der Waals surface area contributed by atoms with Gasteiger partial charge in [-0.3, -0.25) is 0 Å². The minimum atomic E-state index is -4.52. The number of hydrogen-bond donors (Lipinski definition) is 0.